The van der Waals surface area contributed by atoms with Gasteiger partial charge in [0.2, 0.25) is 0 Å². The molecule has 0 saturated heterocycles. The van der Waals surface area contributed by atoms with Gasteiger partial charge in [0, 0.05) is 12.8 Å². The maximum absolute atomic E-state index is 12.9. The Morgan fingerprint density at radius 2 is 0.740 bits per heavy atom. The number of carboxylic acid groups (broad SMARTS) is 1. The summed E-state index contributed by atoms with van der Waals surface area (Å²) < 4.78 is 22.8. The average molecular weight is 1030 g/mol. The molecule has 9 heteroatoms. The first-order valence-corrected chi connectivity index (χ1v) is 31.1. The Morgan fingerprint density at radius 3 is 1.10 bits per heavy atom. The number of hydrogen-bond donors (Lipinski definition) is 0. The molecule has 0 aliphatic carbocycles. The fourth-order valence-electron chi connectivity index (χ4n) is 9.08. The molecule has 0 N–H and O–H groups in total. The number of ether oxygens (including phenoxy) is 4. The zero-order valence-electron chi connectivity index (χ0n) is 48.8. The number of carbonyl (C=O) groups is 3. The molecular weight excluding hydrogens is 911 g/mol. The summed E-state index contributed by atoms with van der Waals surface area (Å²) in [6.45, 7) is 4.79. The summed E-state index contributed by atoms with van der Waals surface area (Å²) in [5.41, 5.74) is 0. The smallest absolute Gasteiger partial charge is 0.306 e. The number of esters is 2. The predicted molar refractivity (Wildman–Crippen MR) is 306 cm³/mol. The van der Waals surface area contributed by atoms with E-state index in [0.717, 1.165) is 44.9 Å². The van der Waals surface area contributed by atoms with Crippen LogP contribution in [0, 0.1) is 0 Å². The van der Waals surface area contributed by atoms with Gasteiger partial charge in [0.05, 0.1) is 40.3 Å². The van der Waals surface area contributed by atoms with Crippen molar-refractivity contribution < 1.29 is 42.9 Å². The Morgan fingerprint density at radius 1 is 0.411 bits per heavy atom. The zero-order valence-corrected chi connectivity index (χ0v) is 48.8. The van der Waals surface area contributed by atoms with Crippen LogP contribution in [0.4, 0.5) is 0 Å². The summed E-state index contributed by atoms with van der Waals surface area (Å²) in [6, 6.07) is 0. The minimum absolute atomic E-state index is 0.150. The first-order chi connectivity index (χ1) is 35.6. The van der Waals surface area contributed by atoms with Gasteiger partial charge in [-0.1, -0.05) is 269 Å². The number of rotatable bonds is 58. The second-order valence-electron chi connectivity index (χ2n) is 22.4. The molecule has 0 amide bonds. The van der Waals surface area contributed by atoms with Crippen LogP contribution in [-0.2, 0) is 33.3 Å². The van der Waals surface area contributed by atoms with Crippen LogP contribution in [0.5, 0.6) is 0 Å². The summed E-state index contributed by atoms with van der Waals surface area (Å²) in [7, 11) is 5.93. The Hall–Kier alpha value is -2.49. The highest BCUT2D eigenvalue weighted by molar-refractivity contribution is 5.70. The topological polar surface area (TPSA) is 111 Å². The number of unbranched alkanes of at least 4 members (excludes halogenated alkanes) is 37. The molecule has 9 nitrogen and oxygen atoms in total. The van der Waals surface area contributed by atoms with Gasteiger partial charge in [0.25, 0.3) is 0 Å². The van der Waals surface area contributed by atoms with E-state index in [1.807, 2.05) is 21.1 Å². The molecular formula is C64H119NO8. The van der Waals surface area contributed by atoms with Gasteiger partial charge >= 0.3 is 11.9 Å². The lowest BCUT2D eigenvalue weighted by atomic mass is 10.0. The number of carboxylic acids is 1. The van der Waals surface area contributed by atoms with E-state index in [1.165, 1.54) is 218 Å². The van der Waals surface area contributed by atoms with Gasteiger partial charge in [0.1, 0.15) is 13.2 Å². The Labute approximate surface area is 451 Å². The highest BCUT2D eigenvalue weighted by Gasteiger charge is 2.22. The van der Waals surface area contributed by atoms with Crippen LogP contribution < -0.4 is 5.11 Å². The lowest BCUT2D eigenvalue weighted by Crippen LogP contribution is -2.44. The molecule has 0 fully saturated rings. The summed E-state index contributed by atoms with van der Waals surface area (Å²) in [4.78, 5) is 37.3. The maximum Gasteiger partial charge on any atom is 0.306 e. The molecule has 0 heterocycles. The minimum atomic E-state index is -1.62. The lowest BCUT2D eigenvalue weighted by molar-refractivity contribution is -0.870. The SMILES string of the molecule is CCCCCCC/C=C\C/C=C\C/C=C\CCCCCCCCCCCCCCCCC(=O)OC(COC(=O)CCCCCCCCCCCCCCCCCCCCC)COC(OCC[N+](C)(C)C)C(=O)[O-]. The van der Waals surface area contributed by atoms with Crippen LogP contribution in [0.25, 0.3) is 0 Å². The minimum Gasteiger partial charge on any atom is -0.545 e. The van der Waals surface area contributed by atoms with Crippen molar-refractivity contribution in [3.05, 3.63) is 36.5 Å². The maximum atomic E-state index is 12.9. The third-order valence-electron chi connectivity index (χ3n) is 13.9. The van der Waals surface area contributed by atoms with Crippen LogP contribution >= 0.6 is 0 Å². The molecule has 0 spiro atoms. The van der Waals surface area contributed by atoms with E-state index >= 15 is 0 Å². The van der Waals surface area contributed by atoms with Crippen molar-refractivity contribution >= 4 is 17.9 Å². The number of allylic oxidation sites excluding steroid dienone is 6. The molecule has 428 valence electrons. The van der Waals surface area contributed by atoms with Gasteiger partial charge in [-0.25, -0.2) is 0 Å². The van der Waals surface area contributed by atoms with Crippen molar-refractivity contribution in [2.75, 3.05) is 47.5 Å². The second kappa shape index (κ2) is 55.7. The van der Waals surface area contributed by atoms with Crippen LogP contribution in [0.15, 0.2) is 36.5 Å². The highest BCUT2D eigenvalue weighted by atomic mass is 16.7. The number of nitrogens with zero attached hydrogens (tertiary/aromatic N) is 1. The van der Waals surface area contributed by atoms with Crippen LogP contribution in [-0.4, -0.2) is 82.3 Å². The van der Waals surface area contributed by atoms with E-state index in [9.17, 15) is 19.5 Å². The van der Waals surface area contributed by atoms with Crippen molar-refractivity contribution in [2.45, 2.75) is 309 Å². The van der Waals surface area contributed by atoms with Gasteiger partial charge in [0.15, 0.2) is 12.4 Å². The van der Waals surface area contributed by atoms with E-state index in [1.54, 1.807) is 0 Å². The first-order valence-electron chi connectivity index (χ1n) is 31.1. The molecule has 0 aromatic rings. The molecule has 0 saturated carbocycles. The third-order valence-corrected chi connectivity index (χ3v) is 13.9. The molecule has 0 aliphatic heterocycles. The monoisotopic (exact) mass is 1030 g/mol. The van der Waals surface area contributed by atoms with Crippen molar-refractivity contribution in [1.29, 1.82) is 0 Å². The quantitative estimate of drug-likeness (QED) is 0.0195. The van der Waals surface area contributed by atoms with Crippen LogP contribution in [0.3, 0.4) is 0 Å². The van der Waals surface area contributed by atoms with Crippen LogP contribution in [0.1, 0.15) is 296 Å². The molecule has 73 heavy (non-hydrogen) atoms. The molecule has 0 aliphatic rings. The standard InChI is InChI=1S/C64H119NO8/c1-6-8-10-12-14-16-18-20-22-24-26-27-28-29-30-31-32-33-34-35-37-39-41-43-45-47-49-51-53-55-62(67)73-60(59-72-64(63(68)69)70-57-56-65(3,4)5)58-71-61(66)54-52-50-48-46-44-42-40-38-36-25-23-21-19-17-15-13-11-9-7-2/h18,20,24,26,28-29,60,64H,6-17,19,21-23,25,27,30-59H2,1-5H3/b20-18-,26-24-,29-28-. The Kier molecular flexibility index (Phi) is 53.8. The highest BCUT2D eigenvalue weighted by Crippen LogP contribution is 2.17. The van der Waals surface area contributed by atoms with E-state index in [4.69, 9.17) is 18.9 Å². The van der Waals surface area contributed by atoms with E-state index in [0.29, 0.717) is 23.9 Å². The molecule has 2 unspecified atom stereocenters. The van der Waals surface area contributed by atoms with E-state index in [2.05, 4.69) is 50.3 Å². The van der Waals surface area contributed by atoms with Gasteiger partial charge in [-0.3, -0.25) is 9.59 Å². The molecule has 0 rings (SSSR count). The van der Waals surface area contributed by atoms with Gasteiger partial charge in [-0.2, -0.15) is 0 Å². The lowest BCUT2D eigenvalue weighted by Gasteiger charge is -2.26. The van der Waals surface area contributed by atoms with Gasteiger partial charge in [-0.05, 0) is 51.4 Å². The number of hydrogen-bond acceptors (Lipinski definition) is 8. The number of carbonyl (C=O) groups excluding carboxylic acids is 3. The van der Waals surface area contributed by atoms with E-state index < -0.39 is 24.3 Å². The fourth-order valence-corrected chi connectivity index (χ4v) is 9.08. The van der Waals surface area contributed by atoms with Crippen molar-refractivity contribution in [1.82, 2.24) is 0 Å². The van der Waals surface area contributed by atoms with Crippen molar-refractivity contribution in [3.8, 4) is 0 Å². The Balaban J connectivity index is 4.15. The molecule has 2 atom stereocenters. The Bertz CT molecular complexity index is 1290. The van der Waals surface area contributed by atoms with Gasteiger partial charge < -0.3 is 33.3 Å². The zero-order chi connectivity index (χ0) is 53.4. The summed E-state index contributed by atoms with van der Waals surface area (Å²) in [6.07, 6.45) is 64.8. The number of aliphatic carboxylic acids is 1. The average Bonchev–Trinajstić information content (AvgIpc) is 3.36. The molecule has 0 aromatic heterocycles. The molecule has 0 radical (unpaired) electrons. The summed E-state index contributed by atoms with van der Waals surface area (Å²) in [5.74, 6) is -2.26. The third kappa shape index (κ3) is 57.1. The van der Waals surface area contributed by atoms with E-state index in [-0.39, 0.29) is 32.2 Å². The molecule has 0 bridgehead atoms. The van der Waals surface area contributed by atoms with Gasteiger partial charge in [-0.15, -0.1) is 0 Å². The first kappa shape index (κ1) is 70.5. The second-order valence-corrected chi connectivity index (χ2v) is 22.4. The summed E-state index contributed by atoms with van der Waals surface area (Å²) in [5, 5.41) is 11.8. The van der Waals surface area contributed by atoms with Crippen molar-refractivity contribution in [3.63, 3.8) is 0 Å². The normalized spacial score (nSPS) is 12.9. The molecule has 0 aromatic carbocycles. The fraction of sp³-hybridized carbons (Fsp3) is 0.859. The number of quaternary nitrogens is 1. The van der Waals surface area contributed by atoms with Crippen LogP contribution in [0.2, 0.25) is 0 Å². The van der Waals surface area contributed by atoms with Crippen molar-refractivity contribution in [2.24, 2.45) is 0 Å². The predicted octanol–water partition coefficient (Wildman–Crippen LogP) is 17.1. The largest absolute Gasteiger partial charge is 0.545 e. The number of likely N-dealkylation sites (N-methyl/N-ethyl adjacent to an activating group) is 1. The summed E-state index contributed by atoms with van der Waals surface area (Å²) >= 11 is 0.